The molecule has 0 aliphatic heterocycles. The van der Waals surface area contributed by atoms with Gasteiger partial charge in [-0.3, -0.25) is 0 Å². The van der Waals surface area contributed by atoms with Gasteiger partial charge in [0, 0.05) is 5.92 Å². The first-order chi connectivity index (χ1) is 6.77. The average Bonchev–Trinajstić information content (AvgIpc) is 2.15. The molecular weight excluding hydrogens is 176 g/mol. The van der Waals surface area contributed by atoms with Crippen molar-refractivity contribution in [2.45, 2.75) is 6.92 Å². The molecule has 0 aromatic rings. The summed E-state index contributed by atoms with van der Waals surface area (Å²) in [7, 11) is 0. The fourth-order valence-electron chi connectivity index (χ4n) is 0.335. The number of aliphatic carboxylic acids is 1. The number of rotatable bonds is 0. The van der Waals surface area contributed by atoms with Crippen LogP contribution in [-0.2, 0) is 4.79 Å². The molecule has 2 nitrogen and oxygen atoms in total. The Kier molecular flexibility index (Phi) is 6.74. The minimum Gasteiger partial charge on any atom is -0.472 e. The zero-order valence-electron chi connectivity index (χ0n) is 7.36. The van der Waals surface area contributed by atoms with Crippen LogP contribution in [0.2, 0.25) is 0 Å². The van der Waals surface area contributed by atoms with Crippen LogP contribution in [0.3, 0.4) is 0 Å². The van der Waals surface area contributed by atoms with Crippen LogP contribution in [0.5, 0.6) is 0 Å². The molecule has 0 aromatic carbocycles. The van der Waals surface area contributed by atoms with E-state index >= 15 is 0 Å². The number of carbonyl (C=O) groups is 1. The Morgan fingerprint density at radius 1 is 0.857 bits per heavy atom. The SMILES string of the molecule is CC#CC#CC#CC#CC#CC(=O)O. The van der Waals surface area contributed by atoms with Gasteiger partial charge >= 0.3 is 5.97 Å². The zero-order chi connectivity index (χ0) is 10.6. The summed E-state index contributed by atoms with van der Waals surface area (Å²) >= 11 is 0. The lowest BCUT2D eigenvalue weighted by Crippen LogP contribution is -1.85. The lowest BCUT2D eigenvalue weighted by Gasteiger charge is -1.63. The maximum Gasteiger partial charge on any atom is 0.382 e. The molecule has 0 unspecified atom stereocenters. The van der Waals surface area contributed by atoms with E-state index in [1.54, 1.807) is 6.92 Å². The second-order valence-corrected chi connectivity index (χ2v) is 1.68. The van der Waals surface area contributed by atoms with Crippen molar-refractivity contribution in [3.8, 4) is 59.2 Å². The summed E-state index contributed by atoms with van der Waals surface area (Å²) in [5.74, 6) is 22.0. The average molecular weight is 180 g/mol. The van der Waals surface area contributed by atoms with Crippen molar-refractivity contribution in [3.63, 3.8) is 0 Å². The monoisotopic (exact) mass is 180 g/mol. The maximum atomic E-state index is 9.89. The van der Waals surface area contributed by atoms with Crippen LogP contribution in [0.1, 0.15) is 6.92 Å². The van der Waals surface area contributed by atoms with Gasteiger partial charge in [0.25, 0.3) is 0 Å². The Bertz CT molecular complexity index is 512. The van der Waals surface area contributed by atoms with Crippen molar-refractivity contribution in [2.75, 3.05) is 0 Å². The predicted octanol–water partition coefficient (Wildman–Crippen LogP) is 0.108. The quantitative estimate of drug-likeness (QED) is 0.537. The summed E-state index contributed by atoms with van der Waals surface area (Å²) in [5, 5.41) is 8.10. The van der Waals surface area contributed by atoms with Crippen LogP contribution in [0.15, 0.2) is 0 Å². The third-order valence-electron chi connectivity index (χ3n) is 0.732. The van der Waals surface area contributed by atoms with Crippen molar-refractivity contribution < 1.29 is 9.90 Å². The van der Waals surface area contributed by atoms with Gasteiger partial charge in [-0.05, 0) is 54.3 Å². The maximum absolute atomic E-state index is 9.89. The lowest BCUT2D eigenvalue weighted by atomic mass is 10.5. The molecule has 0 saturated heterocycles. The van der Waals surface area contributed by atoms with Crippen LogP contribution in [0.4, 0.5) is 0 Å². The van der Waals surface area contributed by atoms with E-state index in [1.807, 2.05) is 5.92 Å². The van der Waals surface area contributed by atoms with E-state index in [0.29, 0.717) is 0 Å². The Labute approximate surface area is 82.7 Å². The summed E-state index contributed by atoms with van der Waals surface area (Å²) in [6.07, 6.45) is 0. The molecule has 0 fully saturated rings. The highest BCUT2D eigenvalue weighted by Crippen LogP contribution is 1.57. The highest BCUT2D eigenvalue weighted by atomic mass is 16.4. The number of hydrogen-bond acceptors (Lipinski definition) is 1. The van der Waals surface area contributed by atoms with E-state index in [4.69, 9.17) is 5.11 Å². The molecule has 0 rings (SSSR count). The van der Waals surface area contributed by atoms with Crippen LogP contribution < -0.4 is 0 Å². The first kappa shape index (κ1) is 11.3. The van der Waals surface area contributed by atoms with Crippen molar-refractivity contribution >= 4 is 5.97 Å². The standard InChI is InChI=1S/C12H4O2/c1-2-3-4-5-6-7-8-9-10-11-12(13)14/h1H3,(H,13,14). The Hall–Kier alpha value is -2.73. The van der Waals surface area contributed by atoms with Gasteiger partial charge in [-0.15, -0.1) is 0 Å². The number of carboxylic acid groups (broad SMARTS) is 1. The molecule has 64 valence electrons. The highest BCUT2D eigenvalue weighted by Gasteiger charge is 1.78. The van der Waals surface area contributed by atoms with E-state index in [-0.39, 0.29) is 0 Å². The molecule has 0 aromatic heterocycles. The molecule has 0 spiro atoms. The third-order valence-corrected chi connectivity index (χ3v) is 0.732. The molecule has 0 aliphatic rings. The van der Waals surface area contributed by atoms with Crippen molar-refractivity contribution in [1.29, 1.82) is 0 Å². The second-order valence-electron chi connectivity index (χ2n) is 1.68. The molecule has 0 aliphatic carbocycles. The predicted molar refractivity (Wildman–Crippen MR) is 52.2 cm³/mol. The molecule has 14 heavy (non-hydrogen) atoms. The molecule has 0 saturated carbocycles. The van der Waals surface area contributed by atoms with E-state index in [2.05, 4.69) is 53.3 Å². The van der Waals surface area contributed by atoms with Gasteiger partial charge in [-0.2, -0.15) is 0 Å². The summed E-state index contributed by atoms with van der Waals surface area (Å²) in [6, 6.07) is 0. The summed E-state index contributed by atoms with van der Waals surface area (Å²) in [5.41, 5.74) is 0. The van der Waals surface area contributed by atoms with Gasteiger partial charge in [0.05, 0.1) is 0 Å². The number of hydrogen-bond donors (Lipinski definition) is 1. The van der Waals surface area contributed by atoms with E-state index in [9.17, 15) is 4.79 Å². The second kappa shape index (κ2) is 8.37. The largest absolute Gasteiger partial charge is 0.472 e. The topological polar surface area (TPSA) is 37.3 Å². The van der Waals surface area contributed by atoms with Gasteiger partial charge in [0.1, 0.15) is 0 Å². The fraction of sp³-hybridized carbons (Fsp3) is 0.0833. The Balaban J connectivity index is 4.19. The Morgan fingerprint density at radius 3 is 1.71 bits per heavy atom. The van der Waals surface area contributed by atoms with E-state index in [1.165, 1.54) is 0 Å². The Morgan fingerprint density at radius 2 is 1.29 bits per heavy atom. The van der Waals surface area contributed by atoms with Gasteiger partial charge in [0.2, 0.25) is 0 Å². The van der Waals surface area contributed by atoms with Crippen molar-refractivity contribution in [1.82, 2.24) is 0 Å². The van der Waals surface area contributed by atoms with Gasteiger partial charge < -0.3 is 5.11 Å². The fourth-order valence-corrected chi connectivity index (χ4v) is 0.335. The molecule has 0 heterocycles. The van der Waals surface area contributed by atoms with Crippen LogP contribution in [-0.4, -0.2) is 11.1 Å². The first-order valence-corrected chi connectivity index (χ1v) is 3.43. The van der Waals surface area contributed by atoms with Crippen molar-refractivity contribution in [2.24, 2.45) is 0 Å². The van der Waals surface area contributed by atoms with E-state index < -0.39 is 5.97 Å². The zero-order valence-corrected chi connectivity index (χ0v) is 7.36. The smallest absolute Gasteiger partial charge is 0.382 e. The molecule has 2 heteroatoms. The van der Waals surface area contributed by atoms with Crippen LogP contribution in [0.25, 0.3) is 0 Å². The summed E-state index contributed by atoms with van der Waals surface area (Å²) in [4.78, 5) is 9.89. The number of carboxylic acids is 1. The summed E-state index contributed by atoms with van der Waals surface area (Å²) < 4.78 is 0. The van der Waals surface area contributed by atoms with Crippen LogP contribution in [0, 0.1) is 59.2 Å². The van der Waals surface area contributed by atoms with Crippen molar-refractivity contribution in [3.05, 3.63) is 0 Å². The molecule has 0 amide bonds. The van der Waals surface area contributed by atoms with Gasteiger partial charge in [-0.1, -0.05) is 5.92 Å². The molecule has 0 atom stereocenters. The lowest BCUT2D eigenvalue weighted by molar-refractivity contribution is -0.130. The minimum absolute atomic E-state index is 1.22. The minimum atomic E-state index is -1.22. The first-order valence-electron chi connectivity index (χ1n) is 3.43. The third kappa shape index (κ3) is 9.27. The molecular formula is C12H4O2. The molecule has 0 radical (unpaired) electrons. The van der Waals surface area contributed by atoms with Gasteiger partial charge in [0.15, 0.2) is 0 Å². The van der Waals surface area contributed by atoms with E-state index in [0.717, 1.165) is 0 Å². The highest BCUT2D eigenvalue weighted by molar-refractivity contribution is 5.87. The van der Waals surface area contributed by atoms with Crippen LogP contribution >= 0.6 is 0 Å². The van der Waals surface area contributed by atoms with Gasteiger partial charge in [-0.25, -0.2) is 4.79 Å². The molecule has 0 bridgehead atoms. The molecule has 1 N–H and O–H groups in total. The normalized spacial score (nSPS) is 4.64. The summed E-state index contributed by atoms with van der Waals surface area (Å²) in [6.45, 7) is 1.67.